The summed E-state index contributed by atoms with van der Waals surface area (Å²) < 4.78 is 30.3. The molecule has 26 heavy (non-hydrogen) atoms. The zero-order chi connectivity index (χ0) is 19.5. The number of carbonyl (C=O) groups excluding carboxylic acids is 1. The highest BCUT2D eigenvalue weighted by molar-refractivity contribution is 7.88. The van der Waals surface area contributed by atoms with Crippen LogP contribution in [-0.4, -0.2) is 50.3 Å². The van der Waals surface area contributed by atoms with Crippen LogP contribution in [0.5, 0.6) is 0 Å². The lowest BCUT2D eigenvalue weighted by atomic mass is 10.1. The van der Waals surface area contributed by atoms with E-state index in [0.29, 0.717) is 6.42 Å². The van der Waals surface area contributed by atoms with Gasteiger partial charge in [-0.05, 0) is 31.0 Å². The Morgan fingerprint density at radius 2 is 1.92 bits per heavy atom. The number of hydrogen-bond acceptors (Lipinski definition) is 5. The van der Waals surface area contributed by atoms with Crippen LogP contribution in [0.3, 0.4) is 0 Å². The minimum atomic E-state index is -3.76. The second kappa shape index (κ2) is 7.71. The quantitative estimate of drug-likeness (QED) is 0.752. The summed E-state index contributed by atoms with van der Waals surface area (Å²) in [6.07, 6.45) is 0.437. The van der Waals surface area contributed by atoms with E-state index in [0.717, 1.165) is 9.87 Å². The van der Waals surface area contributed by atoms with Crippen LogP contribution in [0.4, 0.5) is 0 Å². The molecule has 1 heterocycles. The first kappa shape index (κ1) is 19.7. The highest BCUT2D eigenvalue weighted by Gasteiger charge is 2.25. The van der Waals surface area contributed by atoms with Crippen LogP contribution in [0.15, 0.2) is 39.8 Å². The van der Waals surface area contributed by atoms with Gasteiger partial charge in [-0.2, -0.15) is 0 Å². The van der Waals surface area contributed by atoms with Gasteiger partial charge in [0.1, 0.15) is 5.76 Å². The summed E-state index contributed by atoms with van der Waals surface area (Å²) in [4.78, 5) is 23.2. The fourth-order valence-corrected chi connectivity index (χ4v) is 3.12. The van der Waals surface area contributed by atoms with Crippen LogP contribution in [0.2, 0.25) is 0 Å². The summed E-state index contributed by atoms with van der Waals surface area (Å²) in [7, 11) is -1.01. The van der Waals surface area contributed by atoms with E-state index < -0.39 is 21.9 Å². The molecule has 0 aliphatic heterocycles. The van der Waals surface area contributed by atoms with Crippen molar-refractivity contribution in [2.75, 3.05) is 20.6 Å². The minimum absolute atomic E-state index is 0.143. The first-order chi connectivity index (χ1) is 12.1. The average molecular weight is 380 g/mol. The van der Waals surface area contributed by atoms with Crippen LogP contribution in [0, 0.1) is 6.92 Å². The van der Waals surface area contributed by atoms with Gasteiger partial charge in [0.25, 0.3) is 15.9 Å². The second-order valence-corrected chi connectivity index (χ2v) is 7.92. The molecule has 9 heteroatoms. The molecule has 0 bridgehead atoms. The predicted octanol–water partition coefficient (Wildman–Crippen LogP) is 1.51. The van der Waals surface area contributed by atoms with Gasteiger partial charge in [0.15, 0.2) is 0 Å². The van der Waals surface area contributed by atoms with Crippen molar-refractivity contribution in [2.24, 2.45) is 0 Å². The van der Waals surface area contributed by atoms with Crippen molar-refractivity contribution in [3.63, 3.8) is 0 Å². The SMILES string of the molecule is Cc1oc(S(=O)(=O)N(C)C)cc1C(=O)NCCc1cccc(C(=O)O)c1. The minimum Gasteiger partial charge on any atom is -0.478 e. The number of aromatic carboxylic acids is 1. The number of nitrogens with one attached hydrogen (secondary N) is 1. The summed E-state index contributed by atoms with van der Waals surface area (Å²) in [5.41, 5.74) is 1.09. The third-order valence-electron chi connectivity index (χ3n) is 3.75. The molecule has 1 aromatic heterocycles. The Labute approximate surface area is 151 Å². The Hall–Kier alpha value is -2.65. The fourth-order valence-electron chi connectivity index (χ4n) is 2.26. The Balaban J connectivity index is 2.04. The largest absolute Gasteiger partial charge is 0.478 e. The van der Waals surface area contributed by atoms with Crippen LogP contribution >= 0.6 is 0 Å². The molecule has 0 unspecified atom stereocenters. The van der Waals surface area contributed by atoms with E-state index in [9.17, 15) is 18.0 Å². The number of furan rings is 1. The maximum absolute atomic E-state index is 12.3. The molecule has 2 rings (SSSR count). The number of hydrogen-bond donors (Lipinski definition) is 2. The monoisotopic (exact) mass is 380 g/mol. The van der Waals surface area contributed by atoms with Gasteiger partial charge in [-0.3, -0.25) is 4.79 Å². The number of sulfonamides is 1. The average Bonchev–Trinajstić information content (AvgIpc) is 2.97. The van der Waals surface area contributed by atoms with Gasteiger partial charge in [-0.25, -0.2) is 17.5 Å². The van der Waals surface area contributed by atoms with Crippen LogP contribution in [0.25, 0.3) is 0 Å². The molecule has 0 fully saturated rings. The number of carboxylic acid groups (broad SMARTS) is 1. The number of carboxylic acids is 1. The zero-order valence-corrected chi connectivity index (χ0v) is 15.5. The normalized spacial score (nSPS) is 11.5. The van der Waals surface area contributed by atoms with Crippen molar-refractivity contribution >= 4 is 21.9 Å². The molecular weight excluding hydrogens is 360 g/mol. The van der Waals surface area contributed by atoms with Gasteiger partial charge in [0, 0.05) is 26.7 Å². The zero-order valence-electron chi connectivity index (χ0n) is 14.6. The third kappa shape index (κ3) is 4.30. The van der Waals surface area contributed by atoms with Crippen molar-refractivity contribution in [3.8, 4) is 0 Å². The number of benzene rings is 1. The lowest BCUT2D eigenvalue weighted by Gasteiger charge is -2.07. The van der Waals surface area contributed by atoms with E-state index in [-0.39, 0.29) is 28.5 Å². The number of amides is 1. The van der Waals surface area contributed by atoms with Crippen LogP contribution in [-0.2, 0) is 16.4 Å². The molecule has 0 aliphatic rings. The van der Waals surface area contributed by atoms with Crippen LogP contribution in [0.1, 0.15) is 32.0 Å². The molecule has 2 aromatic rings. The molecular formula is C17H20N2O6S. The van der Waals surface area contributed by atoms with E-state index in [1.54, 1.807) is 18.2 Å². The highest BCUT2D eigenvalue weighted by atomic mass is 32.2. The molecule has 0 saturated heterocycles. The Kier molecular flexibility index (Phi) is 5.83. The summed E-state index contributed by atoms with van der Waals surface area (Å²) in [5.74, 6) is -1.27. The number of nitrogens with zero attached hydrogens (tertiary/aromatic N) is 1. The molecule has 1 aromatic carbocycles. The van der Waals surface area contributed by atoms with Gasteiger partial charge in [0.2, 0.25) is 5.09 Å². The highest BCUT2D eigenvalue weighted by Crippen LogP contribution is 2.21. The lowest BCUT2D eigenvalue weighted by molar-refractivity contribution is 0.0696. The lowest BCUT2D eigenvalue weighted by Crippen LogP contribution is -2.26. The van der Waals surface area contributed by atoms with Crippen molar-refractivity contribution in [3.05, 3.63) is 52.8 Å². The Bertz CT molecular complexity index is 930. The number of carbonyl (C=O) groups is 2. The molecule has 0 spiro atoms. The maximum Gasteiger partial charge on any atom is 0.335 e. The van der Waals surface area contributed by atoms with Crippen molar-refractivity contribution in [1.82, 2.24) is 9.62 Å². The van der Waals surface area contributed by atoms with E-state index in [2.05, 4.69) is 5.32 Å². The topological polar surface area (TPSA) is 117 Å². The van der Waals surface area contributed by atoms with Crippen molar-refractivity contribution in [1.29, 1.82) is 0 Å². The molecule has 2 N–H and O–H groups in total. The van der Waals surface area contributed by atoms with Crippen molar-refractivity contribution < 1.29 is 27.5 Å². The molecule has 1 amide bonds. The first-order valence-corrected chi connectivity index (χ1v) is 9.20. The molecule has 0 atom stereocenters. The summed E-state index contributed by atoms with van der Waals surface area (Å²) in [6.45, 7) is 1.78. The summed E-state index contributed by atoms with van der Waals surface area (Å²) >= 11 is 0. The van der Waals surface area contributed by atoms with E-state index in [4.69, 9.17) is 9.52 Å². The predicted molar refractivity (Wildman–Crippen MR) is 93.8 cm³/mol. The van der Waals surface area contributed by atoms with Gasteiger partial charge in [-0.1, -0.05) is 12.1 Å². The van der Waals surface area contributed by atoms with Gasteiger partial charge in [-0.15, -0.1) is 0 Å². The molecule has 0 aliphatic carbocycles. The first-order valence-electron chi connectivity index (χ1n) is 7.76. The molecule has 8 nitrogen and oxygen atoms in total. The molecule has 140 valence electrons. The number of aryl methyl sites for hydroxylation is 1. The van der Waals surface area contributed by atoms with E-state index in [1.807, 2.05) is 0 Å². The van der Waals surface area contributed by atoms with E-state index >= 15 is 0 Å². The van der Waals surface area contributed by atoms with Gasteiger partial charge < -0.3 is 14.8 Å². The Morgan fingerprint density at radius 3 is 2.54 bits per heavy atom. The summed E-state index contributed by atoms with van der Waals surface area (Å²) in [5, 5.41) is 11.4. The van der Waals surface area contributed by atoms with E-state index in [1.165, 1.54) is 33.2 Å². The molecule has 0 radical (unpaired) electrons. The van der Waals surface area contributed by atoms with Crippen LogP contribution < -0.4 is 5.32 Å². The third-order valence-corrected chi connectivity index (χ3v) is 5.42. The van der Waals surface area contributed by atoms with Gasteiger partial charge >= 0.3 is 5.97 Å². The fraction of sp³-hybridized carbons (Fsp3) is 0.294. The summed E-state index contributed by atoms with van der Waals surface area (Å²) in [6, 6.07) is 7.64. The Morgan fingerprint density at radius 1 is 1.23 bits per heavy atom. The molecule has 0 saturated carbocycles. The number of rotatable bonds is 7. The second-order valence-electron chi connectivity index (χ2n) is 5.83. The standard InChI is InChI=1S/C17H20N2O6S/c1-11-14(10-15(25-11)26(23,24)19(2)3)16(20)18-8-7-12-5-4-6-13(9-12)17(21)22/h4-6,9-10H,7-8H2,1-3H3,(H,18,20)(H,21,22). The maximum atomic E-state index is 12.3. The van der Waals surface area contributed by atoms with Gasteiger partial charge in [0.05, 0.1) is 11.1 Å². The van der Waals surface area contributed by atoms with Crippen molar-refractivity contribution in [2.45, 2.75) is 18.4 Å². The smallest absolute Gasteiger partial charge is 0.335 e.